The maximum atomic E-state index is 12.6. The Kier molecular flexibility index (Phi) is 10.2. The zero-order valence-electron chi connectivity index (χ0n) is 25.9. The number of hydrogen-bond acceptors (Lipinski definition) is 9. The van der Waals surface area contributed by atoms with Crippen LogP contribution < -0.4 is 15.0 Å². The highest BCUT2D eigenvalue weighted by Crippen LogP contribution is 2.32. The van der Waals surface area contributed by atoms with Crippen LogP contribution >= 0.6 is 23.2 Å². The first-order valence-corrected chi connectivity index (χ1v) is 16.6. The highest BCUT2D eigenvalue weighted by atomic mass is 35.5. The molecule has 3 aromatic rings. The Balaban J connectivity index is 1.12. The van der Waals surface area contributed by atoms with Crippen LogP contribution in [0.15, 0.2) is 42.7 Å². The zero-order valence-corrected chi connectivity index (χ0v) is 27.4. The van der Waals surface area contributed by atoms with Crippen LogP contribution in [0, 0.1) is 11.8 Å². The van der Waals surface area contributed by atoms with E-state index < -0.39 is 0 Å². The molecule has 0 spiro atoms. The van der Waals surface area contributed by atoms with E-state index >= 15 is 0 Å². The number of carbonyl (C=O) groups is 2. The molecule has 2 amide bonds. The average molecular weight is 669 g/mol. The standard InChI is InChI=1S/C33H39Cl2N7O4/c1-21(43)36-17-22-2-4-40(5-3-22)20-23-10-30(24-12-26(34)16-27(35)13-24)39-31(11-23)46-29-18-37-33(38-19-29)42-8-6-41(7-9-42)32(45)25-14-28(44)15-25/h10-13,16,18-19,22,25,28,44H,2-9,14-15,17,20H2,1H3,(H,36,43). The van der Waals surface area contributed by atoms with Gasteiger partial charge in [-0.1, -0.05) is 23.2 Å². The molecule has 6 rings (SSSR count). The number of benzene rings is 1. The minimum absolute atomic E-state index is 0.0123. The lowest BCUT2D eigenvalue weighted by Gasteiger charge is -2.39. The van der Waals surface area contributed by atoms with Crippen LogP contribution in [-0.4, -0.2) is 93.6 Å². The number of ether oxygens (including phenoxy) is 1. The van der Waals surface area contributed by atoms with Gasteiger partial charge in [0.15, 0.2) is 5.75 Å². The molecule has 2 aliphatic heterocycles. The van der Waals surface area contributed by atoms with Crippen molar-refractivity contribution in [1.29, 1.82) is 0 Å². The molecule has 4 heterocycles. The Bertz CT molecular complexity index is 1520. The molecule has 3 aliphatic rings. The third-order valence-electron chi connectivity index (χ3n) is 8.95. The van der Waals surface area contributed by atoms with Crippen molar-refractivity contribution >= 4 is 41.0 Å². The molecule has 3 fully saturated rings. The van der Waals surface area contributed by atoms with Crippen molar-refractivity contribution in [3.8, 4) is 22.9 Å². The number of rotatable bonds is 9. The summed E-state index contributed by atoms with van der Waals surface area (Å²) in [7, 11) is 0. The van der Waals surface area contributed by atoms with E-state index in [1.165, 1.54) is 0 Å². The van der Waals surface area contributed by atoms with Gasteiger partial charge >= 0.3 is 0 Å². The van der Waals surface area contributed by atoms with E-state index in [1.807, 2.05) is 29.2 Å². The van der Waals surface area contributed by atoms with E-state index in [1.54, 1.807) is 25.4 Å². The van der Waals surface area contributed by atoms with E-state index in [0.29, 0.717) is 78.3 Å². The summed E-state index contributed by atoms with van der Waals surface area (Å²) in [5.41, 5.74) is 2.52. The van der Waals surface area contributed by atoms with E-state index in [4.69, 9.17) is 32.9 Å². The molecule has 244 valence electrons. The van der Waals surface area contributed by atoms with Gasteiger partial charge in [-0.2, -0.15) is 0 Å². The van der Waals surface area contributed by atoms with Gasteiger partial charge < -0.3 is 25.0 Å². The number of amides is 2. The van der Waals surface area contributed by atoms with Gasteiger partial charge in [0.1, 0.15) is 0 Å². The number of carbonyl (C=O) groups excluding carboxylic acids is 2. The molecule has 0 radical (unpaired) electrons. The second-order valence-corrected chi connectivity index (χ2v) is 13.3. The summed E-state index contributed by atoms with van der Waals surface area (Å²) in [6.45, 7) is 7.35. The molecule has 0 bridgehead atoms. The van der Waals surface area contributed by atoms with Crippen LogP contribution in [-0.2, 0) is 16.1 Å². The number of anilines is 1. The van der Waals surface area contributed by atoms with Crippen molar-refractivity contribution in [3.05, 3.63) is 58.3 Å². The first kappa shape index (κ1) is 32.4. The summed E-state index contributed by atoms with van der Waals surface area (Å²) < 4.78 is 6.19. The number of aliphatic hydroxyl groups is 1. The van der Waals surface area contributed by atoms with Gasteiger partial charge in [0.25, 0.3) is 0 Å². The average Bonchev–Trinajstić information content (AvgIpc) is 3.02. The third-order valence-corrected chi connectivity index (χ3v) is 9.38. The number of pyridine rings is 1. The molecular formula is C33H39Cl2N7O4. The Morgan fingerprint density at radius 3 is 2.26 bits per heavy atom. The second-order valence-electron chi connectivity index (χ2n) is 12.5. The number of halogens is 2. The van der Waals surface area contributed by atoms with Crippen molar-refractivity contribution < 1.29 is 19.4 Å². The van der Waals surface area contributed by atoms with Gasteiger partial charge in [-0.05, 0) is 74.5 Å². The van der Waals surface area contributed by atoms with Crippen molar-refractivity contribution in [1.82, 2.24) is 30.1 Å². The number of piperazine rings is 1. The maximum Gasteiger partial charge on any atom is 0.226 e. The molecule has 2 aromatic heterocycles. The highest BCUT2D eigenvalue weighted by Gasteiger charge is 2.36. The van der Waals surface area contributed by atoms with Crippen molar-refractivity contribution in [2.45, 2.75) is 45.3 Å². The van der Waals surface area contributed by atoms with Crippen molar-refractivity contribution in [2.75, 3.05) is 50.7 Å². The first-order valence-electron chi connectivity index (χ1n) is 15.8. The van der Waals surface area contributed by atoms with Crippen LogP contribution in [0.25, 0.3) is 11.3 Å². The Labute approximate surface area is 278 Å². The molecule has 11 nitrogen and oxygen atoms in total. The predicted octanol–water partition coefficient (Wildman–Crippen LogP) is 4.41. The van der Waals surface area contributed by atoms with Gasteiger partial charge in [0, 0.05) is 73.8 Å². The summed E-state index contributed by atoms with van der Waals surface area (Å²) in [6.07, 6.45) is 6.11. The fourth-order valence-corrected chi connectivity index (χ4v) is 6.79. The molecule has 0 atom stereocenters. The lowest BCUT2D eigenvalue weighted by atomic mass is 9.81. The van der Waals surface area contributed by atoms with Gasteiger partial charge in [0.05, 0.1) is 24.2 Å². The smallest absolute Gasteiger partial charge is 0.226 e. The topological polar surface area (TPSA) is 124 Å². The lowest BCUT2D eigenvalue weighted by molar-refractivity contribution is -0.142. The summed E-state index contributed by atoms with van der Waals surface area (Å²) in [6, 6.07) is 9.32. The summed E-state index contributed by atoms with van der Waals surface area (Å²) in [5.74, 6) is 2.03. The molecule has 46 heavy (non-hydrogen) atoms. The van der Waals surface area contributed by atoms with E-state index in [-0.39, 0.29) is 23.8 Å². The maximum absolute atomic E-state index is 12.6. The van der Waals surface area contributed by atoms with Crippen LogP contribution in [0.1, 0.15) is 38.2 Å². The molecule has 0 unspecified atom stereocenters. The zero-order chi connectivity index (χ0) is 32.2. The summed E-state index contributed by atoms with van der Waals surface area (Å²) in [4.78, 5) is 44.2. The lowest BCUT2D eigenvalue weighted by Crippen LogP contribution is -2.52. The van der Waals surface area contributed by atoms with Crippen LogP contribution in [0.5, 0.6) is 11.6 Å². The van der Waals surface area contributed by atoms with Gasteiger partial charge in [-0.25, -0.2) is 15.0 Å². The summed E-state index contributed by atoms with van der Waals surface area (Å²) in [5, 5.41) is 13.5. The third kappa shape index (κ3) is 8.25. The van der Waals surface area contributed by atoms with Crippen LogP contribution in [0.4, 0.5) is 5.95 Å². The summed E-state index contributed by atoms with van der Waals surface area (Å²) >= 11 is 12.7. The van der Waals surface area contributed by atoms with Gasteiger partial charge in [-0.3, -0.25) is 14.5 Å². The molecule has 1 saturated carbocycles. The minimum atomic E-state index is -0.338. The number of piperidine rings is 1. The quantitative estimate of drug-likeness (QED) is 0.342. The number of likely N-dealkylation sites (tertiary alicyclic amines) is 1. The predicted molar refractivity (Wildman–Crippen MR) is 176 cm³/mol. The van der Waals surface area contributed by atoms with E-state index in [9.17, 15) is 14.7 Å². The SMILES string of the molecule is CC(=O)NCC1CCN(Cc2cc(Oc3cnc(N4CCN(C(=O)C5CC(O)C5)CC4)nc3)nc(-c3cc(Cl)cc(Cl)c3)c2)CC1. The second kappa shape index (κ2) is 14.5. The normalized spacial score (nSPS) is 20.7. The highest BCUT2D eigenvalue weighted by molar-refractivity contribution is 6.35. The van der Waals surface area contributed by atoms with Crippen LogP contribution in [0.3, 0.4) is 0 Å². The Morgan fingerprint density at radius 1 is 0.957 bits per heavy atom. The Morgan fingerprint density at radius 2 is 1.63 bits per heavy atom. The number of aliphatic hydroxyl groups excluding tert-OH is 1. The fourth-order valence-electron chi connectivity index (χ4n) is 6.27. The number of hydrogen-bond donors (Lipinski definition) is 2. The molecule has 13 heteroatoms. The molecular weight excluding hydrogens is 629 g/mol. The van der Waals surface area contributed by atoms with Gasteiger partial charge in [0.2, 0.25) is 23.6 Å². The molecule has 1 aromatic carbocycles. The minimum Gasteiger partial charge on any atom is -0.436 e. The largest absolute Gasteiger partial charge is 0.436 e. The molecule has 2 saturated heterocycles. The molecule has 2 N–H and O–H groups in total. The number of nitrogens with one attached hydrogen (secondary N) is 1. The van der Waals surface area contributed by atoms with Crippen LogP contribution in [0.2, 0.25) is 10.0 Å². The van der Waals surface area contributed by atoms with Gasteiger partial charge in [-0.15, -0.1) is 0 Å². The van der Waals surface area contributed by atoms with E-state index in [0.717, 1.165) is 50.1 Å². The van der Waals surface area contributed by atoms with E-state index in [2.05, 4.69) is 25.1 Å². The number of nitrogens with zero attached hydrogens (tertiary/aromatic N) is 6. The molecule has 1 aliphatic carbocycles. The number of aromatic nitrogens is 3. The first-order chi connectivity index (χ1) is 22.2. The Hall–Kier alpha value is -3.51. The van der Waals surface area contributed by atoms with Crippen molar-refractivity contribution in [2.24, 2.45) is 11.8 Å². The fraction of sp³-hybridized carbons (Fsp3) is 0.485. The monoisotopic (exact) mass is 667 g/mol. The van der Waals surface area contributed by atoms with Crippen molar-refractivity contribution in [3.63, 3.8) is 0 Å².